The van der Waals surface area contributed by atoms with Gasteiger partial charge in [-0.1, -0.05) is 18.2 Å². The zero-order chi connectivity index (χ0) is 16.6. The second-order valence-electron chi connectivity index (χ2n) is 5.86. The molecule has 3 nitrogen and oxygen atoms in total. The van der Waals surface area contributed by atoms with E-state index in [9.17, 15) is 9.32 Å². The minimum Gasteiger partial charge on any atom is -0.508 e. The minimum absolute atomic E-state index is 0.190. The second kappa shape index (κ2) is 6.13. The lowest BCUT2D eigenvalue weighted by Gasteiger charge is -2.19. The van der Waals surface area contributed by atoms with Crippen LogP contribution in [0.5, 0.6) is 0 Å². The smallest absolute Gasteiger partial charge is 0.121 e. The first-order chi connectivity index (χ1) is 11.0. The monoisotopic (exact) mass is 325 g/mol. The Balaban J connectivity index is 2.11. The van der Waals surface area contributed by atoms with Gasteiger partial charge in [0.1, 0.15) is 5.76 Å². The number of hydrogen-bond donors (Lipinski definition) is 1. The zero-order valence-electron chi connectivity index (χ0n) is 13.5. The maximum Gasteiger partial charge on any atom is 0.121 e. The lowest BCUT2D eigenvalue weighted by atomic mass is 9.95. The summed E-state index contributed by atoms with van der Waals surface area (Å²) in [5.74, 6) is 0.505. The lowest BCUT2D eigenvalue weighted by Crippen LogP contribution is -2.11. The van der Waals surface area contributed by atoms with E-state index >= 15 is 0 Å². The van der Waals surface area contributed by atoms with Crippen LogP contribution in [0.3, 0.4) is 0 Å². The third-order valence-electron chi connectivity index (χ3n) is 4.21. The summed E-state index contributed by atoms with van der Waals surface area (Å²) < 4.78 is 12.7. The molecule has 0 aliphatic carbocycles. The molecule has 0 saturated heterocycles. The Labute approximate surface area is 138 Å². The van der Waals surface area contributed by atoms with Gasteiger partial charge in [-0.15, -0.1) is 0 Å². The van der Waals surface area contributed by atoms with Crippen molar-refractivity contribution in [1.29, 1.82) is 0 Å². The van der Waals surface area contributed by atoms with E-state index in [0.29, 0.717) is 10.7 Å². The summed E-state index contributed by atoms with van der Waals surface area (Å²) in [6.45, 7) is 6.14. The molecule has 1 aliphatic heterocycles. The maximum absolute atomic E-state index is 12.7. The summed E-state index contributed by atoms with van der Waals surface area (Å²) in [5, 5.41) is 10.5. The highest BCUT2D eigenvalue weighted by molar-refractivity contribution is 7.95. The number of pyridine rings is 1. The predicted molar refractivity (Wildman–Crippen MR) is 95.4 cm³/mol. The number of rotatable bonds is 2. The van der Waals surface area contributed by atoms with Crippen molar-refractivity contribution in [2.75, 3.05) is 5.75 Å². The van der Waals surface area contributed by atoms with Crippen LogP contribution in [0.4, 0.5) is 0 Å². The molecule has 1 unspecified atom stereocenters. The third-order valence-corrected chi connectivity index (χ3v) is 5.60. The summed E-state index contributed by atoms with van der Waals surface area (Å²) >= 11 is 0. The fourth-order valence-electron chi connectivity index (χ4n) is 2.78. The molecule has 1 atom stereocenters. The van der Waals surface area contributed by atoms with Crippen molar-refractivity contribution >= 4 is 21.3 Å². The van der Waals surface area contributed by atoms with E-state index in [4.69, 9.17) is 0 Å². The van der Waals surface area contributed by atoms with Crippen LogP contribution < -0.4 is 0 Å². The van der Waals surface area contributed by atoms with Gasteiger partial charge in [-0.05, 0) is 55.2 Å². The first-order valence-corrected chi connectivity index (χ1v) is 8.80. The van der Waals surface area contributed by atoms with Crippen LogP contribution in [-0.4, -0.2) is 20.1 Å². The van der Waals surface area contributed by atoms with E-state index in [0.717, 1.165) is 22.3 Å². The van der Waals surface area contributed by atoms with Gasteiger partial charge < -0.3 is 5.11 Å². The largest absolute Gasteiger partial charge is 0.508 e. The molecule has 0 spiro atoms. The second-order valence-corrected chi connectivity index (χ2v) is 7.27. The number of benzene rings is 1. The number of aryl methyl sites for hydroxylation is 3. The van der Waals surface area contributed by atoms with Crippen molar-refractivity contribution in [3.05, 3.63) is 76.3 Å². The van der Waals surface area contributed by atoms with Gasteiger partial charge in [0.05, 0.1) is 21.5 Å². The fraction of sp³-hybridized carbons (Fsp3) is 0.211. The molecule has 3 rings (SSSR count). The molecule has 1 aromatic heterocycles. The summed E-state index contributed by atoms with van der Waals surface area (Å²) in [6.07, 6.45) is 4.96. The number of nitrogens with zero attached hydrogens (tertiary/aromatic N) is 1. The van der Waals surface area contributed by atoms with E-state index in [1.165, 1.54) is 11.1 Å². The Morgan fingerprint density at radius 2 is 1.87 bits per heavy atom. The summed E-state index contributed by atoms with van der Waals surface area (Å²) in [5.41, 5.74) is 5.98. The Morgan fingerprint density at radius 3 is 2.57 bits per heavy atom. The topological polar surface area (TPSA) is 50.2 Å². The van der Waals surface area contributed by atoms with E-state index in [1.807, 2.05) is 19.9 Å². The molecule has 1 aromatic carbocycles. The third kappa shape index (κ3) is 2.99. The van der Waals surface area contributed by atoms with Crippen molar-refractivity contribution in [2.24, 2.45) is 0 Å². The molecule has 0 radical (unpaired) electrons. The average molecular weight is 325 g/mol. The molecule has 0 saturated carbocycles. The molecule has 1 N–H and O–H groups in total. The Kier molecular flexibility index (Phi) is 4.18. The quantitative estimate of drug-likeness (QED) is 0.905. The number of aliphatic hydroxyl groups is 1. The van der Waals surface area contributed by atoms with Crippen molar-refractivity contribution in [1.82, 2.24) is 4.98 Å². The molecule has 0 amide bonds. The zero-order valence-corrected chi connectivity index (χ0v) is 14.3. The van der Waals surface area contributed by atoms with Crippen molar-refractivity contribution in [2.45, 2.75) is 20.8 Å². The van der Waals surface area contributed by atoms with Crippen LogP contribution in [0, 0.1) is 20.8 Å². The number of allylic oxidation sites excluding steroid dienone is 1. The first-order valence-electron chi connectivity index (χ1n) is 7.48. The van der Waals surface area contributed by atoms with Gasteiger partial charge in [0.25, 0.3) is 0 Å². The van der Waals surface area contributed by atoms with Gasteiger partial charge in [0.15, 0.2) is 0 Å². The van der Waals surface area contributed by atoms with Gasteiger partial charge in [-0.25, -0.2) is 0 Å². The fourth-order valence-corrected chi connectivity index (χ4v) is 4.13. The standard InChI is InChI=1S/C19H19NO2S/c1-12-7-14(3)16(8-13(12)2)17-11-23(22)19(9-18(17)21)15-5-4-6-20-10-15/h4-10,21H,11H2,1-3H3. The Bertz CT molecular complexity index is 851. The van der Waals surface area contributed by atoms with Crippen LogP contribution in [0.15, 0.2) is 48.5 Å². The maximum atomic E-state index is 12.7. The summed E-state index contributed by atoms with van der Waals surface area (Å²) in [4.78, 5) is 4.68. The molecule has 2 aromatic rings. The van der Waals surface area contributed by atoms with Crippen molar-refractivity contribution in [3.8, 4) is 0 Å². The molecule has 0 bridgehead atoms. The predicted octanol–water partition coefficient (Wildman–Crippen LogP) is 4.08. The van der Waals surface area contributed by atoms with Gasteiger partial charge in [-0.2, -0.15) is 0 Å². The van der Waals surface area contributed by atoms with Gasteiger partial charge >= 0.3 is 0 Å². The highest BCUT2D eigenvalue weighted by Crippen LogP contribution is 2.33. The summed E-state index contributed by atoms with van der Waals surface area (Å²) in [6, 6.07) is 7.83. The van der Waals surface area contributed by atoms with Crippen LogP contribution in [-0.2, 0) is 10.8 Å². The lowest BCUT2D eigenvalue weighted by molar-refractivity contribution is 0.435. The van der Waals surface area contributed by atoms with E-state index in [1.54, 1.807) is 24.5 Å². The molecule has 118 valence electrons. The van der Waals surface area contributed by atoms with E-state index in [2.05, 4.69) is 24.0 Å². The molecular formula is C19H19NO2S. The average Bonchev–Trinajstić information content (AvgIpc) is 2.54. The Hall–Kier alpha value is -2.20. The van der Waals surface area contributed by atoms with Crippen LogP contribution in [0.2, 0.25) is 0 Å². The Morgan fingerprint density at radius 1 is 1.13 bits per heavy atom. The molecule has 1 aliphatic rings. The van der Waals surface area contributed by atoms with Crippen LogP contribution in [0.1, 0.15) is 27.8 Å². The highest BCUT2D eigenvalue weighted by atomic mass is 32.2. The normalized spacial score (nSPS) is 18.0. The number of hydrogen-bond acceptors (Lipinski definition) is 3. The first kappa shape index (κ1) is 15.7. The van der Waals surface area contributed by atoms with Crippen molar-refractivity contribution < 1.29 is 9.32 Å². The number of aliphatic hydroxyl groups excluding tert-OH is 1. The van der Waals surface area contributed by atoms with E-state index < -0.39 is 10.8 Å². The molecule has 23 heavy (non-hydrogen) atoms. The molecule has 0 fully saturated rings. The summed E-state index contributed by atoms with van der Waals surface area (Å²) in [7, 11) is -1.20. The minimum atomic E-state index is -1.20. The molecule has 4 heteroatoms. The van der Waals surface area contributed by atoms with Gasteiger partial charge in [-0.3, -0.25) is 9.19 Å². The molecule has 2 heterocycles. The number of aromatic nitrogens is 1. The van der Waals surface area contributed by atoms with Gasteiger partial charge in [0, 0.05) is 23.5 Å². The van der Waals surface area contributed by atoms with Crippen LogP contribution >= 0.6 is 0 Å². The van der Waals surface area contributed by atoms with Crippen LogP contribution in [0.25, 0.3) is 10.5 Å². The van der Waals surface area contributed by atoms with Crippen molar-refractivity contribution in [3.63, 3.8) is 0 Å². The molecular weight excluding hydrogens is 306 g/mol. The van der Waals surface area contributed by atoms with E-state index in [-0.39, 0.29) is 5.76 Å². The SMILES string of the molecule is Cc1cc(C)c(C2=C(O)C=C(c3cccnc3)S(=O)C2)cc1C. The van der Waals surface area contributed by atoms with Gasteiger partial charge in [0.2, 0.25) is 0 Å². The highest BCUT2D eigenvalue weighted by Gasteiger charge is 2.23.